The zero-order chi connectivity index (χ0) is 14.4. The van der Waals surface area contributed by atoms with Crippen LogP contribution >= 0.6 is 27.5 Å². The van der Waals surface area contributed by atoms with Gasteiger partial charge in [-0.25, -0.2) is 8.78 Å². The number of carbonyl (C=O) groups is 1. The van der Waals surface area contributed by atoms with E-state index in [9.17, 15) is 13.6 Å². The summed E-state index contributed by atoms with van der Waals surface area (Å²) in [7, 11) is 0. The Balaban J connectivity index is 2.15. The van der Waals surface area contributed by atoms with Crippen molar-refractivity contribution in [3.8, 4) is 0 Å². The van der Waals surface area contributed by atoms with Crippen LogP contribution in [0.5, 0.6) is 0 Å². The molecule has 6 heteroatoms. The molecular formula is C14H9BrClF2NO. The Labute approximate surface area is 126 Å². The van der Waals surface area contributed by atoms with E-state index in [1.807, 2.05) is 0 Å². The van der Waals surface area contributed by atoms with E-state index in [0.717, 1.165) is 0 Å². The third-order valence-corrected chi connectivity index (χ3v) is 4.18. The van der Waals surface area contributed by atoms with Gasteiger partial charge in [0.15, 0.2) is 11.6 Å². The van der Waals surface area contributed by atoms with E-state index in [1.54, 1.807) is 12.1 Å². The van der Waals surface area contributed by atoms with E-state index in [1.165, 1.54) is 12.1 Å². The van der Waals surface area contributed by atoms with Crippen LogP contribution in [-0.2, 0) is 4.79 Å². The van der Waals surface area contributed by atoms with Crippen molar-refractivity contribution < 1.29 is 13.6 Å². The summed E-state index contributed by atoms with van der Waals surface area (Å²) in [6.45, 7) is 0. The Morgan fingerprint density at radius 2 is 2.15 bits per heavy atom. The molecule has 0 fully saturated rings. The van der Waals surface area contributed by atoms with Gasteiger partial charge in [0.2, 0.25) is 0 Å². The zero-order valence-electron chi connectivity index (χ0n) is 10.1. The number of alkyl halides is 1. The van der Waals surface area contributed by atoms with Crippen LogP contribution in [0.3, 0.4) is 0 Å². The summed E-state index contributed by atoms with van der Waals surface area (Å²) in [6, 6.07) is 4.67. The quantitative estimate of drug-likeness (QED) is 0.790. The number of H-pyrrole nitrogens is 1. The van der Waals surface area contributed by atoms with Gasteiger partial charge in [-0.2, -0.15) is 0 Å². The fourth-order valence-electron chi connectivity index (χ4n) is 2.47. The number of hydrogen-bond acceptors (Lipinski definition) is 1. The minimum absolute atomic E-state index is 0.0176. The first-order chi connectivity index (χ1) is 9.47. The molecule has 3 rings (SSSR count). The molecule has 20 heavy (non-hydrogen) atoms. The summed E-state index contributed by atoms with van der Waals surface area (Å²) in [6.07, 6.45) is -0.0927. The highest BCUT2D eigenvalue weighted by Crippen LogP contribution is 2.37. The molecule has 104 valence electrons. The number of aromatic amines is 1. The second-order valence-corrected chi connectivity index (χ2v) is 6.19. The van der Waals surface area contributed by atoms with Gasteiger partial charge in [-0.1, -0.05) is 27.5 Å². The van der Waals surface area contributed by atoms with Gasteiger partial charge in [-0.15, -0.1) is 0 Å². The van der Waals surface area contributed by atoms with Crippen LogP contribution in [0.1, 0.15) is 18.0 Å². The number of ketones is 1. The molecule has 2 aromatic rings. The topological polar surface area (TPSA) is 32.9 Å². The average molecular weight is 361 g/mol. The van der Waals surface area contributed by atoms with Gasteiger partial charge in [0.05, 0.1) is 11.6 Å². The zero-order valence-corrected chi connectivity index (χ0v) is 12.4. The van der Waals surface area contributed by atoms with Gasteiger partial charge >= 0.3 is 0 Å². The molecule has 0 aliphatic heterocycles. The van der Waals surface area contributed by atoms with Crippen LogP contribution < -0.4 is 0 Å². The molecular weight excluding hydrogens is 352 g/mol. The summed E-state index contributed by atoms with van der Waals surface area (Å²) < 4.78 is 29.0. The molecule has 1 aromatic carbocycles. The lowest BCUT2D eigenvalue weighted by molar-refractivity contribution is -0.117. The van der Waals surface area contributed by atoms with Gasteiger partial charge in [0.1, 0.15) is 6.17 Å². The molecule has 0 spiro atoms. The Bertz CT molecular complexity index is 740. The summed E-state index contributed by atoms with van der Waals surface area (Å²) in [4.78, 5) is 14.7. The number of hydrogen-bond donors (Lipinski definition) is 1. The molecule has 0 saturated carbocycles. The van der Waals surface area contributed by atoms with E-state index in [-0.39, 0.29) is 17.5 Å². The smallest absolute Gasteiger partial charge is 0.168 e. The van der Waals surface area contributed by atoms with Crippen molar-refractivity contribution in [1.82, 2.24) is 4.98 Å². The van der Waals surface area contributed by atoms with Crippen LogP contribution in [-0.4, -0.2) is 16.9 Å². The molecule has 2 atom stereocenters. The molecule has 1 heterocycles. The molecule has 1 aliphatic carbocycles. The number of allylic oxidation sites excluding steroid dienone is 2. The number of nitrogens with one attached hydrogen (secondary N) is 1. The van der Waals surface area contributed by atoms with Gasteiger partial charge in [0, 0.05) is 26.8 Å². The molecule has 0 saturated heterocycles. The van der Waals surface area contributed by atoms with Crippen molar-refractivity contribution >= 4 is 44.2 Å². The molecule has 0 bridgehead atoms. The van der Waals surface area contributed by atoms with E-state index >= 15 is 0 Å². The SMILES string of the molecule is O=C1C=C(Br)CC(F)C1c1[nH]c2ccc(Cl)cc2c1F. The maximum Gasteiger partial charge on any atom is 0.168 e. The summed E-state index contributed by atoms with van der Waals surface area (Å²) in [5.41, 5.74) is 0.478. The number of rotatable bonds is 1. The second-order valence-electron chi connectivity index (χ2n) is 4.73. The summed E-state index contributed by atoms with van der Waals surface area (Å²) >= 11 is 8.94. The van der Waals surface area contributed by atoms with E-state index in [4.69, 9.17) is 11.6 Å². The highest BCUT2D eigenvalue weighted by atomic mass is 79.9. The monoisotopic (exact) mass is 359 g/mol. The fraction of sp³-hybridized carbons (Fsp3) is 0.214. The minimum atomic E-state index is -1.46. The van der Waals surface area contributed by atoms with Crippen LogP contribution in [0.2, 0.25) is 5.02 Å². The van der Waals surface area contributed by atoms with Crippen LogP contribution in [0.4, 0.5) is 8.78 Å². The molecule has 1 N–H and O–H groups in total. The van der Waals surface area contributed by atoms with Crippen molar-refractivity contribution in [1.29, 1.82) is 0 Å². The van der Waals surface area contributed by atoms with E-state index in [2.05, 4.69) is 20.9 Å². The minimum Gasteiger partial charge on any atom is -0.355 e. The molecule has 1 aromatic heterocycles. The molecule has 2 unspecified atom stereocenters. The van der Waals surface area contributed by atoms with Gasteiger partial charge in [-0.05, 0) is 24.3 Å². The Morgan fingerprint density at radius 3 is 2.85 bits per heavy atom. The maximum absolute atomic E-state index is 14.4. The third kappa shape index (κ3) is 2.19. The van der Waals surface area contributed by atoms with Gasteiger partial charge in [-0.3, -0.25) is 4.79 Å². The van der Waals surface area contributed by atoms with Crippen LogP contribution in [0.25, 0.3) is 10.9 Å². The summed E-state index contributed by atoms with van der Waals surface area (Å²) in [5, 5.41) is 0.650. The lowest BCUT2D eigenvalue weighted by Crippen LogP contribution is -2.26. The predicted molar refractivity (Wildman–Crippen MR) is 77.5 cm³/mol. The number of aromatic nitrogens is 1. The lowest BCUT2D eigenvalue weighted by atomic mass is 9.88. The molecule has 0 radical (unpaired) electrons. The van der Waals surface area contributed by atoms with Crippen molar-refractivity contribution in [3.05, 3.63) is 45.3 Å². The Hall–Kier alpha value is -1.20. The molecule has 1 aliphatic rings. The standard InChI is InChI=1S/C14H9BrClF2NO/c15-6-3-9(17)12(11(20)4-6)14-13(18)8-5-7(16)1-2-10(8)19-14/h1-2,4-5,9,12,19H,3H2. The first-order valence-corrected chi connectivity index (χ1v) is 7.15. The van der Waals surface area contributed by atoms with Crippen LogP contribution in [0, 0.1) is 5.82 Å². The van der Waals surface area contributed by atoms with Crippen molar-refractivity contribution in [2.24, 2.45) is 0 Å². The number of benzene rings is 1. The fourth-order valence-corrected chi connectivity index (χ4v) is 3.18. The van der Waals surface area contributed by atoms with Crippen molar-refractivity contribution in [3.63, 3.8) is 0 Å². The lowest BCUT2D eigenvalue weighted by Gasteiger charge is -2.22. The van der Waals surface area contributed by atoms with Gasteiger partial charge in [0.25, 0.3) is 0 Å². The third-order valence-electron chi connectivity index (χ3n) is 3.39. The number of fused-ring (bicyclic) bond motifs is 1. The molecule has 0 amide bonds. The molecule has 2 nitrogen and oxygen atoms in total. The average Bonchev–Trinajstić information content (AvgIpc) is 2.66. The van der Waals surface area contributed by atoms with Gasteiger partial charge < -0.3 is 4.98 Å². The Kier molecular flexibility index (Phi) is 3.42. The number of halogens is 4. The second kappa shape index (κ2) is 4.97. The van der Waals surface area contributed by atoms with E-state index < -0.39 is 23.7 Å². The summed E-state index contributed by atoms with van der Waals surface area (Å²) in [5.74, 6) is -2.20. The van der Waals surface area contributed by atoms with Crippen molar-refractivity contribution in [2.75, 3.05) is 0 Å². The maximum atomic E-state index is 14.4. The number of carbonyl (C=O) groups excluding carboxylic acids is 1. The highest BCUT2D eigenvalue weighted by Gasteiger charge is 2.36. The normalized spacial score (nSPS) is 23.2. The largest absolute Gasteiger partial charge is 0.355 e. The first kappa shape index (κ1) is 13.8. The first-order valence-electron chi connectivity index (χ1n) is 5.98. The highest BCUT2D eigenvalue weighted by molar-refractivity contribution is 9.11. The predicted octanol–water partition coefficient (Wildman–Crippen LogP) is 4.63. The van der Waals surface area contributed by atoms with Crippen LogP contribution in [0.15, 0.2) is 28.8 Å². The van der Waals surface area contributed by atoms with Crippen molar-refractivity contribution in [2.45, 2.75) is 18.5 Å². The van der Waals surface area contributed by atoms with E-state index in [0.29, 0.717) is 15.0 Å². The Morgan fingerprint density at radius 1 is 1.40 bits per heavy atom.